The van der Waals surface area contributed by atoms with Crippen molar-refractivity contribution < 1.29 is 38.0 Å². The summed E-state index contributed by atoms with van der Waals surface area (Å²) in [6.07, 6.45) is -3.09. The maximum Gasteiger partial charge on any atom is 0.407 e. The van der Waals surface area contributed by atoms with E-state index in [4.69, 9.17) is 28.4 Å². The maximum atomic E-state index is 12.6. The number of ether oxygens (including phenoxy) is 6. The van der Waals surface area contributed by atoms with Gasteiger partial charge < -0.3 is 33.7 Å². The number of carbonyl (C=O) groups excluding carboxylic acids is 2. The van der Waals surface area contributed by atoms with Gasteiger partial charge in [0, 0.05) is 5.92 Å². The molecule has 2 saturated heterocycles. The molecule has 1 aromatic carbocycles. The molecule has 32 heavy (non-hydrogen) atoms. The summed E-state index contributed by atoms with van der Waals surface area (Å²) in [7, 11) is 0. The summed E-state index contributed by atoms with van der Waals surface area (Å²) in [6, 6.07) is 9.27. The van der Waals surface area contributed by atoms with Crippen molar-refractivity contribution in [1.29, 1.82) is 0 Å². The number of hydrogen-bond acceptors (Lipinski definition) is 8. The third-order valence-electron chi connectivity index (χ3n) is 5.87. The van der Waals surface area contributed by atoms with Gasteiger partial charge in [-0.3, -0.25) is 4.79 Å². The first-order chi connectivity index (χ1) is 15.0. The second-order valence-electron chi connectivity index (χ2n) is 9.36. The van der Waals surface area contributed by atoms with Gasteiger partial charge in [0.2, 0.25) is 0 Å². The lowest BCUT2D eigenvalue weighted by Crippen LogP contribution is -2.59. The van der Waals surface area contributed by atoms with Crippen molar-refractivity contribution in [2.45, 2.75) is 83.3 Å². The molecule has 9 heteroatoms. The Kier molecular flexibility index (Phi) is 6.19. The number of hydrogen-bond donors (Lipinski definition) is 1. The van der Waals surface area contributed by atoms with Crippen molar-refractivity contribution in [1.82, 2.24) is 5.32 Å². The number of carbonyl (C=O) groups is 2. The fraction of sp³-hybridized carbons (Fsp3) is 0.652. The van der Waals surface area contributed by atoms with Gasteiger partial charge in [-0.25, -0.2) is 4.79 Å². The number of amides is 1. The smallest absolute Gasteiger partial charge is 0.407 e. The van der Waals surface area contributed by atoms with Gasteiger partial charge in [-0.2, -0.15) is 0 Å². The van der Waals surface area contributed by atoms with E-state index in [1.165, 1.54) is 0 Å². The first kappa shape index (κ1) is 23.0. The number of rotatable bonds is 5. The van der Waals surface area contributed by atoms with Crippen molar-refractivity contribution >= 4 is 12.1 Å². The molecule has 3 aliphatic rings. The van der Waals surface area contributed by atoms with Gasteiger partial charge in [0.25, 0.3) is 0 Å². The Morgan fingerprint density at radius 3 is 2.00 bits per heavy atom. The lowest BCUT2D eigenvalue weighted by molar-refractivity contribution is -0.194. The molecule has 1 saturated carbocycles. The highest BCUT2D eigenvalue weighted by molar-refractivity contribution is 5.78. The summed E-state index contributed by atoms with van der Waals surface area (Å²) >= 11 is 0. The van der Waals surface area contributed by atoms with E-state index in [2.05, 4.69) is 5.32 Å². The van der Waals surface area contributed by atoms with Crippen molar-refractivity contribution in [3.63, 3.8) is 0 Å². The molecule has 1 amide bonds. The lowest BCUT2D eigenvalue weighted by Gasteiger charge is -2.41. The monoisotopic (exact) mass is 449 g/mol. The largest absolute Gasteiger partial charge is 0.455 e. The molecule has 0 bridgehead atoms. The first-order valence-corrected chi connectivity index (χ1v) is 10.9. The zero-order chi connectivity index (χ0) is 23.1. The lowest BCUT2D eigenvalue weighted by atomic mass is 9.79. The average Bonchev–Trinajstić information content (AvgIpc) is 3.24. The van der Waals surface area contributed by atoms with Crippen LogP contribution in [-0.2, 0) is 39.8 Å². The van der Waals surface area contributed by atoms with Crippen molar-refractivity contribution in [2.75, 3.05) is 6.54 Å². The minimum absolute atomic E-state index is 0.0189. The van der Waals surface area contributed by atoms with Crippen molar-refractivity contribution in [3.8, 4) is 0 Å². The molecule has 1 aliphatic carbocycles. The Morgan fingerprint density at radius 2 is 1.44 bits per heavy atom. The molecule has 0 radical (unpaired) electrons. The van der Waals surface area contributed by atoms with E-state index in [-0.39, 0.29) is 31.3 Å². The Balaban J connectivity index is 1.36. The molecule has 1 N–H and O–H groups in total. The number of esters is 1. The predicted octanol–water partition coefficient (Wildman–Crippen LogP) is 2.51. The van der Waals surface area contributed by atoms with Crippen molar-refractivity contribution in [2.24, 2.45) is 5.92 Å². The molecule has 3 fully saturated rings. The molecule has 2 heterocycles. The summed E-state index contributed by atoms with van der Waals surface area (Å²) in [5.41, 5.74) is 0.848. The third-order valence-corrected chi connectivity index (χ3v) is 5.87. The highest BCUT2D eigenvalue weighted by atomic mass is 16.8. The fourth-order valence-corrected chi connectivity index (χ4v) is 4.58. The zero-order valence-corrected chi connectivity index (χ0v) is 19.0. The molecule has 4 rings (SSSR count). The summed E-state index contributed by atoms with van der Waals surface area (Å²) < 4.78 is 35.2. The third kappa shape index (κ3) is 4.91. The van der Waals surface area contributed by atoms with Crippen LogP contribution < -0.4 is 5.32 Å². The van der Waals surface area contributed by atoms with Crippen LogP contribution in [0.4, 0.5) is 4.79 Å². The van der Waals surface area contributed by atoms with Crippen LogP contribution in [0.1, 0.15) is 40.2 Å². The van der Waals surface area contributed by atoms with E-state index < -0.39 is 41.9 Å². The SMILES string of the molecule is CC1[C@H]2OC(C)(C)O[C@@H]2C(OC(=O)CNC(=O)OCc2ccccc2)[C@@H]2OC(C)(C)O[C@@H]12. The molecule has 0 aromatic heterocycles. The number of alkyl carbamates (subject to hydrolysis) is 1. The van der Waals surface area contributed by atoms with E-state index in [1.807, 2.05) is 65.0 Å². The number of fused-ring (bicyclic) bond motifs is 2. The molecule has 176 valence electrons. The topological polar surface area (TPSA) is 102 Å². The standard InChI is InChI=1S/C23H31NO8/c1-13-16-19(31-22(2,3)29-16)18(20-17(13)30-23(4,5)32-20)28-15(25)11-24-21(26)27-12-14-9-7-6-8-10-14/h6-10,13,16-20H,11-12H2,1-5H3,(H,24,26)/t13?,16-,17+,18?,19+,20-. The zero-order valence-electron chi connectivity index (χ0n) is 19.0. The van der Waals surface area contributed by atoms with Gasteiger partial charge in [-0.05, 0) is 33.3 Å². The Morgan fingerprint density at radius 1 is 0.906 bits per heavy atom. The van der Waals surface area contributed by atoms with E-state index in [9.17, 15) is 9.59 Å². The van der Waals surface area contributed by atoms with Gasteiger partial charge in [0.15, 0.2) is 17.7 Å². The first-order valence-electron chi connectivity index (χ1n) is 10.9. The average molecular weight is 450 g/mol. The number of nitrogens with one attached hydrogen (secondary N) is 1. The molecule has 2 aliphatic heterocycles. The quantitative estimate of drug-likeness (QED) is 0.685. The summed E-state index contributed by atoms with van der Waals surface area (Å²) in [4.78, 5) is 24.5. The highest BCUT2D eigenvalue weighted by Gasteiger charge is 2.63. The molecule has 2 unspecified atom stereocenters. The van der Waals surface area contributed by atoms with Crippen LogP contribution in [0.2, 0.25) is 0 Å². The molecule has 0 spiro atoms. The molecular weight excluding hydrogens is 418 g/mol. The van der Waals surface area contributed by atoms with Gasteiger partial charge in [0.1, 0.15) is 25.4 Å². The summed E-state index contributed by atoms with van der Waals surface area (Å²) in [5.74, 6) is -2.28. The van der Waals surface area contributed by atoms with Crippen LogP contribution in [0.15, 0.2) is 30.3 Å². The van der Waals surface area contributed by atoms with E-state index >= 15 is 0 Å². The Bertz CT molecular complexity index is 810. The minimum Gasteiger partial charge on any atom is -0.455 e. The van der Waals surface area contributed by atoms with Gasteiger partial charge in [-0.1, -0.05) is 37.3 Å². The molecule has 6 atom stereocenters. The van der Waals surface area contributed by atoms with E-state index in [0.717, 1.165) is 5.56 Å². The second kappa shape index (κ2) is 8.62. The van der Waals surface area contributed by atoms with Gasteiger partial charge in [0.05, 0.1) is 12.2 Å². The summed E-state index contributed by atoms with van der Waals surface area (Å²) in [5, 5.41) is 2.42. The van der Waals surface area contributed by atoms with Crippen LogP contribution in [0.5, 0.6) is 0 Å². The van der Waals surface area contributed by atoms with Gasteiger partial charge in [-0.15, -0.1) is 0 Å². The van der Waals surface area contributed by atoms with Crippen LogP contribution in [-0.4, -0.2) is 60.7 Å². The van der Waals surface area contributed by atoms with Crippen molar-refractivity contribution in [3.05, 3.63) is 35.9 Å². The summed E-state index contributed by atoms with van der Waals surface area (Å²) in [6.45, 7) is 9.07. The Hall–Kier alpha value is -2.20. The molecular formula is C23H31NO8. The van der Waals surface area contributed by atoms with E-state index in [0.29, 0.717) is 0 Å². The highest BCUT2D eigenvalue weighted by Crippen LogP contribution is 2.47. The van der Waals surface area contributed by atoms with Crippen LogP contribution in [0.25, 0.3) is 0 Å². The normalized spacial score (nSPS) is 34.3. The number of benzene rings is 1. The predicted molar refractivity (Wildman–Crippen MR) is 111 cm³/mol. The van der Waals surface area contributed by atoms with Crippen LogP contribution in [0, 0.1) is 5.92 Å². The minimum atomic E-state index is -0.818. The molecule has 9 nitrogen and oxygen atoms in total. The Labute approximate surface area is 187 Å². The second-order valence-corrected chi connectivity index (χ2v) is 9.36. The molecule has 1 aromatic rings. The van der Waals surface area contributed by atoms with Crippen LogP contribution >= 0.6 is 0 Å². The van der Waals surface area contributed by atoms with Crippen LogP contribution in [0.3, 0.4) is 0 Å². The van der Waals surface area contributed by atoms with Gasteiger partial charge >= 0.3 is 12.1 Å². The fourth-order valence-electron chi connectivity index (χ4n) is 4.58. The van der Waals surface area contributed by atoms with E-state index in [1.54, 1.807) is 0 Å². The maximum absolute atomic E-state index is 12.6.